The van der Waals surface area contributed by atoms with Crippen LogP contribution < -0.4 is 0 Å². The van der Waals surface area contributed by atoms with Gasteiger partial charge >= 0.3 is 6.09 Å². The van der Waals surface area contributed by atoms with E-state index >= 15 is 0 Å². The van der Waals surface area contributed by atoms with Crippen LogP contribution in [0.5, 0.6) is 0 Å². The molecule has 0 unspecified atom stereocenters. The number of carbonyl (C=O) groups is 1. The number of fused-ring (bicyclic) bond motifs is 1. The summed E-state index contributed by atoms with van der Waals surface area (Å²) >= 11 is 2.27. The monoisotopic (exact) mass is 537 g/mol. The van der Waals surface area contributed by atoms with Crippen molar-refractivity contribution in [1.29, 1.82) is 0 Å². The number of hydrogen-bond donors (Lipinski definition) is 1. The van der Waals surface area contributed by atoms with Crippen molar-refractivity contribution in [1.82, 2.24) is 14.9 Å². The number of imidazole rings is 1. The summed E-state index contributed by atoms with van der Waals surface area (Å²) in [5.41, 5.74) is 3.03. The highest BCUT2D eigenvalue weighted by Gasteiger charge is 2.34. The molecule has 4 rings (SSSR count). The number of nitrogens with zero attached hydrogens (tertiary/aromatic N) is 2. The molecule has 2 heterocycles. The number of amides is 1. The zero-order chi connectivity index (χ0) is 22.7. The van der Waals surface area contributed by atoms with Gasteiger partial charge in [0.2, 0.25) is 0 Å². The number of H-pyrrole nitrogens is 1. The molecule has 1 amide bonds. The molecule has 1 N–H and O–H groups in total. The van der Waals surface area contributed by atoms with Crippen molar-refractivity contribution in [3.05, 3.63) is 63.0 Å². The lowest BCUT2D eigenvalue weighted by Gasteiger charge is -2.27. The van der Waals surface area contributed by atoms with Crippen LogP contribution in [-0.4, -0.2) is 33.1 Å². The summed E-state index contributed by atoms with van der Waals surface area (Å²) in [4.78, 5) is 22.5. The smallest absolute Gasteiger partial charge is 0.410 e. The fourth-order valence-corrected chi connectivity index (χ4v) is 3.95. The van der Waals surface area contributed by atoms with E-state index in [2.05, 4.69) is 51.3 Å². The summed E-state index contributed by atoms with van der Waals surface area (Å²) in [6.07, 6.45) is 1.50. The second-order valence-electron chi connectivity index (χ2n) is 8.69. The van der Waals surface area contributed by atoms with Crippen molar-refractivity contribution in [3.63, 3.8) is 0 Å². The Morgan fingerprint density at radius 1 is 1.12 bits per heavy atom. The van der Waals surface area contributed by atoms with Crippen LogP contribution in [0.15, 0.2) is 42.5 Å². The summed E-state index contributed by atoms with van der Waals surface area (Å²) in [5, 5.41) is 0. The van der Waals surface area contributed by atoms with Crippen LogP contribution in [0.25, 0.3) is 11.0 Å². The predicted octanol–water partition coefficient (Wildman–Crippen LogP) is 5.64. The van der Waals surface area contributed by atoms with E-state index in [0.29, 0.717) is 6.54 Å². The highest BCUT2D eigenvalue weighted by atomic mass is 127. The van der Waals surface area contributed by atoms with Crippen LogP contribution in [0, 0.1) is 27.3 Å². The number of nitrogens with one attached hydrogen (secondary N) is 1. The van der Waals surface area contributed by atoms with Crippen LogP contribution in [0.3, 0.4) is 0 Å². The third-order valence-corrected chi connectivity index (χ3v) is 5.74. The molecule has 0 radical (unpaired) electrons. The Hall–Kier alpha value is -2.97. The number of hydrogen-bond acceptors (Lipinski definition) is 3. The molecule has 1 aliphatic rings. The molecule has 1 aromatic heterocycles. The highest BCUT2D eigenvalue weighted by Crippen LogP contribution is 2.32. The Bertz CT molecular complexity index is 1260. The van der Waals surface area contributed by atoms with Gasteiger partial charge in [-0.15, -0.1) is 0 Å². The van der Waals surface area contributed by atoms with Gasteiger partial charge in [-0.1, -0.05) is 11.8 Å². The first-order valence-corrected chi connectivity index (χ1v) is 11.6. The highest BCUT2D eigenvalue weighted by molar-refractivity contribution is 14.1. The quantitative estimate of drug-likeness (QED) is 0.323. The van der Waals surface area contributed by atoms with Crippen LogP contribution in [0.4, 0.5) is 4.79 Å². The molecule has 2 aromatic carbocycles. The summed E-state index contributed by atoms with van der Waals surface area (Å²) < 4.78 is 6.75. The first kappa shape index (κ1) is 22.2. The number of carbonyl (C=O) groups excluding carboxylic acids is 1. The number of likely N-dealkylation sites (tertiary alicyclic amines) is 1. The third-order valence-electron chi connectivity index (χ3n) is 5.02. The molecule has 32 heavy (non-hydrogen) atoms. The molecular weight excluding hydrogens is 513 g/mol. The van der Waals surface area contributed by atoms with Crippen LogP contribution in [0.1, 0.15) is 56.6 Å². The van der Waals surface area contributed by atoms with Crippen LogP contribution >= 0.6 is 22.6 Å². The maximum atomic E-state index is 12.6. The number of rotatable bonds is 1. The molecule has 3 aromatic rings. The Kier molecular flexibility index (Phi) is 6.43. The maximum Gasteiger partial charge on any atom is 0.410 e. The van der Waals surface area contributed by atoms with Crippen molar-refractivity contribution in [2.24, 2.45) is 0 Å². The van der Waals surface area contributed by atoms with E-state index in [1.807, 2.05) is 63.2 Å². The van der Waals surface area contributed by atoms with Crippen molar-refractivity contribution in [2.45, 2.75) is 45.3 Å². The summed E-state index contributed by atoms with van der Waals surface area (Å²) in [6, 6.07) is 13.8. The van der Waals surface area contributed by atoms with Gasteiger partial charge in [-0.25, -0.2) is 9.78 Å². The number of halogens is 1. The first-order valence-electron chi connectivity index (χ1n) is 10.6. The number of benzene rings is 2. The summed E-state index contributed by atoms with van der Waals surface area (Å²) in [6.45, 7) is 6.31. The van der Waals surface area contributed by atoms with Gasteiger partial charge in [-0.2, -0.15) is 0 Å². The van der Waals surface area contributed by atoms with Gasteiger partial charge in [-0.3, -0.25) is 4.90 Å². The first-order chi connectivity index (χ1) is 15.3. The molecule has 1 aliphatic heterocycles. The van der Waals surface area contributed by atoms with Gasteiger partial charge in [0.1, 0.15) is 11.4 Å². The fourth-order valence-electron chi connectivity index (χ4n) is 3.60. The van der Waals surface area contributed by atoms with Crippen molar-refractivity contribution in [2.75, 3.05) is 6.54 Å². The SMILES string of the molecule is CC(C)(C)OC(=O)N1CCC[C@H]1c1nc2ccc(C#CC#Cc3ccc(I)cc3)cc2[nH]1. The number of aromatic amines is 1. The maximum absolute atomic E-state index is 12.6. The summed E-state index contributed by atoms with van der Waals surface area (Å²) in [5.74, 6) is 12.8. The lowest BCUT2D eigenvalue weighted by Crippen LogP contribution is -2.36. The Morgan fingerprint density at radius 3 is 2.53 bits per heavy atom. The van der Waals surface area contributed by atoms with E-state index < -0.39 is 5.60 Å². The average Bonchev–Trinajstić information content (AvgIpc) is 3.37. The minimum absolute atomic E-state index is 0.105. The van der Waals surface area contributed by atoms with Gasteiger partial charge in [0.05, 0.1) is 17.1 Å². The van der Waals surface area contributed by atoms with Gasteiger partial charge in [-0.05, 0) is 111 Å². The van der Waals surface area contributed by atoms with E-state index in [4.69, 9.17) is 9.72 Å². The molecule has 0 bridgehead atoms. The fraction of sp³-hybridized carbons (Fsp3) is 0.308. The molecule has 0 saturated carbocycles. The largest absolute Gasteiger partial charge is 0.444 e. The van der Waals surface area contributed by atoms with E-state index in [1.165, 1.54) is 3.57 Å². The zero-order valence-electron chi connectivity index (χ0n) is 18.3. The standard InChI is InChI=1S/C26H24IN3O2/c1-26(2,3)32-25(31)30-16-6-9-23(30)24-28-21-15-12-19(17-22(21)29-24)8-5-4-7-18-10-13-20(27)14-11-18/h10-15,17,23H,6,9,16H2,1-3H3,(H,28,29)/t23-/m0/s1. The second-order valence-corrected chi connectivity index (χ2v) is 9.94. The molecule has 6 heteroatoms. The van der Waals surface area contributed by atoms with Crippen molar-refractivity contribution in [3.8, 4) is 23.7 Å². The van der Waals surface area contributed by atoms with Crippen molar-refractivity contribution < 1.29 is 9.53 Å². The Balaban J connectivity index is 1.51. The van der Waals surface area contributed by atoms with Crippen molar-refractivity contribution >= 4 is 39.7 Å². The normalized spacial score (nSPS) is 15.6. The minimum atomic E-state index is -0.520. The summed E-state index contributed by atoms with van der Waals surface area (Å²) in [7, 11) is 0. The molecule has 0 spiro atoms. The molecule has 5 nitrogen and oxygen atoms in total. The van der Waals surface area contributed by atoms with Gasteiger partial charge in [0, 0.05) is 21.2 Å². The third kappa shape index (κ3) is 5.44. The Labute approximate surface area is 202 Å². The minimum Gasteiger partial charge on any atom is -0.444 e. The van der Waals surface area contributed by atoms with Gasteiger partial charge < -0.3 is 9.72 Å². The van der Waals surface area contributed by atoms with Gasteiger partial charge in [0.25, 0.3) is 0 Å². The van der Waals surface area contributed by atoms with E-state index in [0.717, 1.165) is 40.8 Å². The topological polar surface area (TPSA) is 58.2 Å². The van der Waals surface area contributed by atoms with Crippen LogP contribution in [0.2, 0.25) is 0 Å². The number of aromatic nitrogens is 2. The van der Waals surface area contributed by atoms with E-state index in [-0.39, 0.29) is 12.1 Å². The molecular formula is C26H24IN3O2. The van der Waals surface area contributed by atoms with Crippen LogP contribution in [-0.2, 0) is 4.74 Å². The molecule has 1 atom stereocenters. The van der Waals surface area contributed by atoms with E-state index in [1.54, 1.807) is 4.90 Å². The molecule has 162 valence electrons. The van der Waals surface area contributed by atoms with Gasteiger partial charge in [0.15, 0.2) is 0 Å². The Morgan fingerprint density at radius 2 is 1.81 bits per heavy atom. The molecule has 0 aliphatic carbocycles. The molecule has 1 saturated heterocycles. The lowest BCUT2D eigenvalue weighted by molar-refractivity contribution is 0.0219. The number of ether oxygens (including phenoxy) is 1. The lowest BCUT2D eigenvalue weighted by atomic mass is 10.2. The zero-order valence-corrected chi connectivity index (χ0v) is 20.5. The second kappa shape index (κ2) is 9.26. The van der Waals surface area contributed by atoms with E-state index in [9.17, 15) is 4.79 Å². The molecule has 1 fully saturated rings. The average molecular weight is 537 g/mol. The predicted molar refractivity (Wildman–Crippen MR) is 134 cm³/mol.